The summed E-state index contributed by atoms with van der Waals surface area (Å²) in [7, 11) is 2.18. The van der Waals surface area contributed by atoms with Crippen molar-refractivity contribution in [1.82, 2.24) is 4.90 Å². The average molecular weight is 237 g/mol. The third kappa shape index (κ3) is 6.98. The van der Waals surface area contributed by atoms with E-state index in [4.69, 9.17) is 4.74 Å². The van der Waals surface area contributed by atoms with Crippen LogP contribution in [0.2, 0.25) is 0 Å². The monoisotopic (exact) mass is 237 g/mol. The van der Waals surface area contributed by atoms with E-state index in [0.29, 0.717) is 6.04 Å². The number of hydrogen-bond acceptors (Lipinski definition) is 4. The molecule has 0 amide bonds. The minimum atomic E-state index is 0.685. The first-order chi connectivity index (χ1) is 6.76. The molecule has 4 heteroatoms. The highest BCUT2D eigenvalue weighted by atomic mass is 32.2. The standard InChI is InChI=1S/C10H23NOS2/c1-4-10(9-14-3)11(2)5-6-12-7-8-13/h10,13H,4-9H2,1-3H3. The number of likely N-dealkylation sites (N-methyl/N-ethyl adjacent to an activating group) is 1. The molecule has 0 heterocycles. The van der Waals surface area contributed by atoms with Crippen LogP contribution in [0, 0.1) is 0 Å². The third-order valence-electron chi connectivity index (χ3n) is 2.28. The molecule has 0 aromatic carbocycles. The van der Waals surface area contributed by atoms with Gasteiger partial charge < -0.3 is 9.64 Å². The van der Waals surface area contributed by atoms with Gasteiger partial charge in [-0.15, -0.1) is 0 Å². The molecule has 0 aromatic rings. The second kappa shape index (κ2) is 10.1. The molecular weight excluding hydrogens is 214 g/mol. The molecule has 0 N–H and O–H groups in total. The highest BCUT2D eigenvalue weighted by Crippen LogP contribution is 2.07. The van der Waals surface area contributed by atoms with Crippen LogP contribution in [-0.2, 0) is 4.74 Å². The van der Waals surface area contributed by atoms with Gasteiger partial charge in [0.2, 0.25) is 0 Å². The van der Waals surface area contributed by atoms with Crippen molar-refractivity contribution >= 4 is 24.4 Å². The van der Waals surface area contributed by atoms with E-state index in [9.17, 15) is 0 Å². The summed E-state index contributed by atoms with van der Waals surface area (Å²) in [5.74, 6) is 2.02. The third-order valence-corrected chi connectivity index (χ3v) is 3.18. The van der Waals surface area contributed by atoms with Crippen molar-refractivity contribution in [3.05, 3.63) is 0 Å². The molecule has 14 heavy (non-hydrogen) atoms. The van der Waals surface area contributed by atoms with Gasteiger partial charge in [-0.2, -0.15) is 24.4 Å². The number of nitrogens with zero attached hydrogens (tertiary/aromatic N) is 1. The topological polar surface area (TPSA) is 12.5 Å². The fraction of sp³-hybridized carbons (Fsp3) is 1.00. The van der Waals surface area contributed by atoms with Crippen molar-refractivity contribution < 1.29 is 4.74 Å². The van der Waals surface area contributed by atoms with Crippen LogP contribution in [0.1, 0.15) is 13.3 Å². The lowest BCUT2D eigenvalue weighted by Gasteiger charge is -2.26. The Balaban J connectivity index is 3.52. The summed E-state index contributed by atoms with van der Waals surface area (Å²) in [6.45, 7) is 4.84. The van der Waals surface area contributed by atoms with Gasteiger partial charge in [0.05, 0.1) is 13.2 Å². The van der Waals surface area contributed by atoms with Gasteiger partial charge in [0.15, 0.2) is 0 Å². The highest BCUT2D eigenvalue weighted by Gasteiger charge is 2.10. The Hall–Kier alpha value is 0.620. The van der Waals surface area contributed by atoms with Crippen LogP contribution in [0.4, 0.5) is 0 Å². The number of hydrogen-bond donors (Lipinski definition) is 1. The van der Waals surface area contributed by atoms with E-state index in [-0.39, 0.29) is 0 Å². The fourth-order valence-corrected chi connectivity index (χ4v) is 2.31. The summed E-state index contributed by atoms with van der Waals surface area (Å²) < 4.78 is 5.40. The van der Waals surface area contributed by atoms with E-state index in [1.165, 1.54) is 12.2 Å². The van der Waals surface area contributed by atoms with Gasteiger partial charge in [-0.05, 0) is 19.7 Å². The van der Waals surface area contributed by atoms with E-state index in [1.807, 2.05) is 11.8 Å². The highest BCUT2D eigenvalue weighted by molar-refractivity contribution is 7.98. The zero-order valence-corrected chi connectivity index (χ0v) is 11.2. The zero-order valence-electron chi connectivity index (χ0n) is 9.53. The van der Waals surface area contributed by atoms with Crippen LogP contribution < -0.4 is 0 Å². The van der Waals surface area contributed by atoms with Crippen LogP contribution in [0.15, 0.2) is 0 Å². The maximum Gasteiger partial charge on any atom is 0.0593 e. The quantitative estimate of drug-likeness (QED) is 0.487. The van der Waals surface area contributed by atoms with Gasteiger partial charge in [0, 0.05) is 24.1 Å². The Bertz CT molecular complexity index is 125. The minimum absolute atomic E-state index is 0.685. The molecule has 2 nitrogen and oxygen atoms in total. The predicted octanol–water partition coefficient (Wildman–Crippen LogP) is 2.01. The van der Waals surface area contributed by atoms with Gasteiger partial charge in [0.1, 0.15) is 0 Å². The molecule has 0 radical (unpaired) electrons. The van der Waals surface area contributed by atoms with Gasteiger partial charge >= 0.3 is 0 Å². The maximum atomic E-state index is 5.40. The molecule has 0 aromatic heterocycles. The second-order valence-electron chi connectivity index (χ2n) is 3.33. The van der Waals surface area contributed by atoms with Crippen molar-refractivity contribution in [2.75, 3.05) is 44.6 Å². The Morgan fingerprint density at radius 2 is 2.14 bits per heavy atom. The van der Waals surface area contributed by atoms with Crippen LogP contribution in [0.3, 0.4) is 0 Å². The van der Waals surface area contributed by atoms with Crippen molar-refractivity contribution in [2.45, 2.75) is 19.4 Å². The van der Waals surface area contributed by atoms with Crippen LogP contribution >= 0.6 is 24.4 Å². The number of thiol groups is 1. The Morgan fingerprint density at radius 3 is 2.64 bits per heavy atom. The lowest BCUT2D eigenvalue weighted by Crippen LogP contribution is -2.35. The SMILES string of the molecule is CCC(CSC)N(C)CCOCCS. The van der Waals surface area contributed by atoms with Crippen LogP contribution in [0.25, 0.3) is 0 Å². The predicted molar refractivity (Wildman–Crippen MR) is 69.8 cm³/mol. The Labute approximate surface area is 98.2 Å². The normalized spacial score (nSPS) is 13.5. The molecular formula is C10H23NOS2. The second-order valence-corrected chi connectivity index (χ2v) is 4.69. The molecule has 0 saturated heterocycles. The van der Waals surface area contributed by atoms with E-state index < -0.39 is 0 Å². The molecule has 0 saturated carbocycles. The molecule has 1 atom stereocenters. The summed E-state index contributed by atoms with van der Waals surface area (Å²) in [6, 6.07) is 0.685. The summed E-state index contributed by atoms with van der Waals surface area (Å²) in [5, 5.41) is 0. The number of ether oxygens (including phenoxy) is 1. The van der Waals surface area contributed by atoms with Gasteiger partial charge in [-0.3, -0.25) is 0 Å². The molecule has 0 spiro atoms. The van der Waals surface area contributed by atoms with Gasteiger partial charge in [-0.25, -0.2) is 0 Å². The molecule has 0 aliphatic heterocycles. The summed E-state index contributed by atoms with van der Waals surface area (Å²) in [6.07, 6.45) is 3.37. The first-order valence-corrected chi connectivity index (χ1v) is 7.16. The first-order valence-electron chi connectivity index (χ1n) is 5.14. The molecule has 0 fully saturated rings. The minimum Gasteiger partial charge on any atom is -0.379 e. The van der Waals surface area contributed by atoms with Crippen LogP contribution in [0.5, 0.6) is 0 Å². The van der Waals surface area contributed by atoms with Crippen molar-refractivity contribution in [3.63, 3.8) is 0 Å². The molecule has 1 unspecified atom stereocenters. The fourth-order valence-electron chi connectivity index (χ4n) is 1.31. The van der Waals surface area contributed by atoms with Gasteiger partial charge in [0.25, 0.3) is 0 Å². The smallest absolute Gasteiger partial charge is 0.0593 e. The van der Waals surface area contributed by atoms with Crippen LogP contribution in [-0.4, -0.2) is 55.5 Å². The van der Waals surface area contributed by atoms with Gasteiger partial charge in [-0.1, -0.05) is 6.92 Å². The summed E-state index contributed by atoms with van der Waals surface area (Å²) in [5.41, 5.74) is 0. The van der Waals surface area contributed by atoms with E-state index >= 15 is 0 Å². The van der Waals surface area contributed by atoms with Crippen molar-refractivity contribution in [1.29, 1.82) is 0 Å². The molecule has 0 bridgehead atoms. The Morgan fingerprint density at radius 1 is 1.43 bits per heavy atom. The first kappa shape index (κ1) is 14.6. The zero-order chi connectivity index (χ0) is 10.8. The average Bonchev–Trinajstić information content (AvgIpc) is 2.20. The van der Waals surface area contributed by atoms with E-state index in [1.54, 1.807) is 0 Å². The Kier molecular flexibility index (Phi) is 10.6. The summed E-state index contributed by atoms with van der Waals surface area (Å²) in [4.78, 5) is 2.38. The molecule has 0 aliphatic carbocycles. The summed E-state index contributed by atoms with van der Waals surface area (Å²) >= 11 is 6.01. The molecule has 86 valence electrons. The molecule has 0 rings (SSSR count). The number of thioether (sulfide) groups is 1. The van der Waals surface area contributed by atoms with E-state index in [0.717, 1.165) is 25.5 Å². The largest absolute Gasteiger partial charge is 0.379 e. The van der Waals surface area contributed by atoms with E-state index in [2.05, 4.69) is 37.8 Å². The maximum absolute atomic E-state index is 5.40. The van der Waals surface area contributed by atoms with Crippen molar-refractivity contribution in [3.8, 4) is 0 Å². The van der Waals surface area contributed by atoms with Crippen molar-refractivity contribution in [2.24, 2.45) is 0 Å². The molecule has 0 aliphatic rings. The lowest BCUT2D eigenvalue weighted by atomic mass is 10.2. The number of rotatable bonds is 9. The lowest BCUT2D eigenvalue weighted by molar-refractivity contribution is 0.112.